The quantitative estimate of drug-likeness (QED) is 0.390. The lowest BCUT2D eigenvalue weighted by Crippen LogP contribution is -2.70. The fourth-order valence-corrected chi connectivity index (χ4v) is 6.91. The van der Waals surface area contributed by atoms with Gasteiger partial charge in [-0.3, -0.25) is 10.1 Å². The third-order valence-electron chi connectivity index (χ3n) is 7.40. The van der Waals surface area contributed by atoms with Crippen molar-refractivity contribution >= 4 is 17.4 Å². The first kappa shape index (κ1) is 19.8. The molecule has 2 bridgehead atoms. The predicted octanol–water partition coefficient (Wildman–Crippen LogP) is 4.89. The number of hydrogen-bond acceptors (Lipinski definition) is 7. The van der Waals surface area contributed by atoms with E-state index in [0.717, 1.165) is 24.2 Å². The third kappa shape index (κ3) is 3.03. The van der Waals surface area contributed by atoms with Gasteiger partial charge in [0.2, 0.25) is 5.79 Å². The number of hydrogen-bond donors (Lipinski definition) is 0. The molecule has 5 fully saturated rings. The van der Waals surface area contributed by atoms with Crippen molar-refractivity contribution in [2.45, 2.75) is 74.5 Å². The second-order valence-corrected chi connectivity index (χ2v) is 10.3. The number of ether oxygens (including phenoxy) is 2. The summed E-state index contributed by atoms with van der Waals surface area (Å²) in [4.78, 5) is 23.5. The van der Waals surface area contributed by atoms with Gasteiger partial charge in [0.05, 0.1) is 4.92 Å². The van der Waals surface area contributed by atoms with Crippen LogP contribution >= 0.6 is 11.8 Å². The summed E-state index contributed by atoms with van der Waals surface area (Å²) < 4.78 is 12.9. The van der Waals surface area contributed by atoms with Crippen LogP contribution in [0, 0.1) is 33.8 Å². The molecule has 158 valence electrons. The van der Waals surface area contributed by atoms with E-state index < -0.39 is 17.7 Å². The molecular weight excluding hydrogens is 394 g/mol. The van der Waals surface area contributed by atoms with Crippen molar-refractivity contribution in [1.82, 2.24) is 0 Å². The monoisotopic (exact) mass is 421 g/mol. The number of nitro groups is 1. The Balaban J connectivity index is 1.44. The minimum Gasteiger partial charge on any atom is -0.335 e. The van der Waals surface area contributed by atoms with Crippen molar-refractivity contribution in [2.24, 2.45) is 23.7 Å². The Kier molecular flexibility index (Phi) is 4.71. The average molecular weight is 422 g/mol. The molecule has 1 aliphatic carbocycles. The second-order valence-electron chi connectivity index (χ2n) is 9.14. The first-order chi connectivity index (χ1) is 13.8. The van der Waals surface area contributed by atoms with Gasteiger partial charge in [0.1, 0.15) is 5.44 Å². The minimum absolute atomic E-state index is 0.0953. The van der Waals surface area contributed by atoms with E-state index >= 15 is 0 Å². The molecule has 4 aliphatic heterocycles. The Labute approximate surface area is 174 Å². The summed E-state index contributed by atoms with van der Waals surface area (Å²) >= 11 is 1.60. The van der Waals surface area contributed by atoms with Gasteiger partial charge in [-0.05, 0) is 56.1 Å². The zero-order valence-corrected chi connectivity index (χ0v) is 17.7. The summed E-state index contributed by atoms with van der Waals surface area (Å²) in [7, 11) is 0. The van der Waals surface area contributed by atoms with E-state index in [0.29, 0.717) is 11.8 Å². The summed E-state index contributed by atoms with van der Waals surface area (Å²) in [5, 5.41) is 10.9. The molecule has 0 amide bonds. The van der Waals surface area contributed by atoms with Crippen molar-refractivity contribution in [3.8, 4) is 0 Å². The van der Waals surface area contributed by atoms with Crippen LogP contribution in [-0.4, -0.2) is 28.0 Å². The lowest BCUT2D eigenvalue weighted by atomic mass is 9.58. The van der Waals surface area contributed by atoms with Crippen LogP contribution in [0.15, 0.2) is 29.2 Å². The molecule has 0 aromatic heterocycles. The van der Waals surface area contributed by atoms with Crippen molar-refractivity contribution < 1.29 is 24.2 Å². The molecule has 7 nitrogen and oxygen atoms in total. The van der Waals surface area contributed by atoms with Crippen molar-refractivity contribution in [2.75, 3.05) is 0 Å². The predicted molar refractivity (Wildman–Crippen MR) is 106 cm³/mol. The number of nitrogens with zero attached hydrogens (tertiary/aromatic N) is 1. The largest absolute Gasteiger partial charge is 0.335 e. The molecule has 1 spiro atoms. The van der Waals surface area contributed by atoms with E-state index in [1.54, 1.807) is 23.9 Å². The second kappa shape index (κ2) is 6.92. The van der Waals surface area contributed by atoms with Gasteiger partial charge in [-0.1, -0.05) is 25.6 Å². The third-order valence-corrected chi connectivity index (χ3v) is 8.71. The van der Waals surface area contributed by atoms with Gasteiger partial charge < -0.3 is 9.47 Å². The molecule has 4 saturated heterocycles. The SMILES string of the molecule is C[C@H]1[C@H](Sc2ccc([N+](=O)[O-])cc2)O[C@@H]2O[C@@]3(C)CC[C@H]4[C@H](C)CC[C@@H]1[C@@]24OO3. The summed E-state index contributed by atoms with van der Waals surface area (Å²) in [6.45, 7) is 6.45. The van der Waals surface area contributed by atoms with E-state index in [4.69, 9.17) is 19.2 Å². The Morgan fingerprint density at radius 1 is 1.10 bits per heavy atom. The molecule has 0 radical (unpaired) electrons. The highest BCUT2D eigenvalue weighted by Crippen LogP contribution is 2.61. The van der Waals surface area contributed by atoms with Gasteiger partial charge in [-0.25, -0.2) is 9.78 Å². The molecular formula is C21H27NO6S. The van der Waals surface area contributed by atoms with Gasteiger partial charge in [0.25, 0.3) is 5.69 Å². The highest BCUT2D eigenvalue weighted by Gasteiger charge is 2.69. The summed E-state index contributed by atoms with van der Waals surface area (Å²) in [5.74, 6) is 0.622. The van der Waals surface area contributed by atoms with Crippen LogP contribution in [0.1, 0.15) is 46.5 Å². The van der Waals surface area contributed by atoms with Crippen LogP contribution in [0.2, 0.25) is 0 Å². The summed E-state index contributed by atoms with van der Waals surface area (Å²) in [6.07, 6.45) is 3.57. The molecule has 1 aromatic rings. The van der Waals surface area contributed by atoms with E-state index in [9.17, 15) is 10.1 Å². The van der Waals surface area contributed by atoms with Crippen LogP contribution in [-0.2, 0) is 19.2 Å². The van der Waals surface area contributed by atoms with E-state index in [1.165, 1.54) is 18.6 Å². The molecule has 8 heteroatoms. The molecule has 4 heterocycles. The summed E-state index contributed by atoms with van der Waals surface area (Å²) in [6, 6.07) is 6.65. The van der Waals surface area contributed by atoms with Crippen LogP contribution in [0.3, 0.4) is 0 Å². The number of nitro benzene ring substituents is 1. The Morgan fingerprint density at radius 2 is 1.86 bits per heavy atom. The fourth-order valence-electron chi connectivity index (χ4n) is 5.79. The average Bonchev–Trinajstić information content (AvgIpc) is 2.92. The maximum Gasteiger partial charge on any atom is 0.269 e. The zero-order valence-electron chi connectivity index (χ0n) is 16.9. The lowest BCUT2D eigenvalue weighted by molar-refractivity contribution is -0.568. The fraction of sp³-hybridized carbons (Fsp3) is 0.714. The highest BCUT2D eigenvalue weighted by atomic mass is 32.2. The van der Waals surface area contributed by atoms with Crippen molar-refractivity contribution in [3.05, 3.63) is 34.4 Å². The van der Waals surface area contributed by atoms with Gasteiger partial charge in [-0.15, -0.1) is 0 Å². The van der Waals surface area contributed by atoms with E-state index in [2.05, 4.69) is 13.8 Å². The van der Waals surface area contributed by atoms with Crippen molar-refractivity contribution in [3.63, 3.8) is 0 Å². The number of benzene rings is 1. The lowest BCUT2D eigenvalue weighted by Gasteiger charge is -2.60. The van der Waals surface area contributed by atoms with Crippen LogP contribution in [0.5, 0.6) is 0 Å². The van der Waals surface area contributed by atoms with Crippen LogP contribution < -0.4 is 0 Å². The Hall–Kier alpha value is -1.19. The number of fused-ring (bicyclic) bond motifs is 2. The molecule has 1 aromatic carbocycles. The molecule has 1 saturated carbocycles. The Morgan fingerprint density at radius 3 is 2.59 bits per heavy atom. The Bertz CT molecular complexity index is 805. The standard InChI is InChI=1S/C21H27NO6S/c1-12-4-9-17-13(2)18(29-15-7-5-14(6-8-15)22(23)24)25-19-21(17)16(12)10-11-20(3,26-19)27-28-21/h5-8,12-13,16-19H,4,9-11H2,1-3H3/t12-,13-,16+,17+,18+,19-,20-,21-/m1/s1. The van der Waals surface area contributed by atoms with Crippen LogP contribution in [0.4, 0.5) is 5.69 Å². The number of non-ortho nitro benzene ring substituents is 1. The first-order valence-corrected chi connectivity index (χ1v) is 11.3. The van der Waals surface area contributed by atoms with Crippen LogP contribution in [0.25, 0.3) is 0 Å². The highest BCUT2D eigenvalue weighted by molar-refractivity contribution is 7.99. The molecule has 5 aliphatic rings. The molecule has 6 rings (SSSR count). The van der Waals surface area contributed by atoms with Gasteiger partial charge >= 0.3 is 0 Å². The first-order valence-electron chi connectivity index (χ1n) is 10.4. The van der Waals surface area contributed by atoms with Gasteiger partial charge in [0, 0.05) is 29.4 Å². The van der Waals surface area contributed by atoms with Gasteiger partial charge in [-0.2, -0.15) is 0 Å². The number of thioether (sulfide) groups is 1. The van der Waals surface area contributed by atoms with E-state index in [-0.39, 0.29) is 27.9 Å². The zero-order chi connectivity index (χ0) is 20.4. The molecule has 0 N–H and O–H groups in total. The smallest absolute Gasteiger partial charge is 0.269 e. The minimum atomic E-state index is -0.777. The normalized spacial score (nSPS) is 46.0. The maximum absolute atomic E-state index is 10.9. The molecule has 29 heavy (non-hydrogen) atoms. The topological polar surface area (TPSA) is 80.1 Å². The molecule has 0 unspecified atom stereocenters. The number of rotatable bonds is 3. The molecule has 8 atom stereocenters. The maximum atomic E-state index is 10.9. The van der Waals surface area contributed by atoms with E-state index in [1.807, 2.05) is 6.92 Å². The van der Waals surface area contributed by atoms with Gasteiger partial charge in [0.15, 0.2) is 11.9 Å². The summed E-state index contributed by atoms with van der Waals surface area (Å²) in [5.41, 5.74) is -0.574. The van der Waals surface area contributed by atoms with Crippen molar-refractivity contribution in [1.29, 1.82) is 0 Å².